The molecule has 0 aromatic heterocycles. The van der Waals surface area contributed by atoms with E-state index in [0.29, 0.717) is 10.9 Å². The molecule has 2 aliphatic heterocycles. The van der Waals surface area contributed by atoms with Crippen LogP contribution in [0.3, 0.4) is 0 Å². The number of hydrogen-bond donors (Lipinski definition) is 0. The molecule has 3 fully saturated rings. The van der Waals surface area contributed by atoms with Gasteiger partial charge in [-0.3, -0.25) is 0 Å². The van der Waals surface area contributed by atoms with Gasteiger partial charge in [0.1, 0.15) is 0 Å². The quantitative estimate of drug-likeness (QED) is 0.782. The Morgan fingerprint density at radius 2 is 2.17 bits per heavy atom. The lowest BCUT2D eigenvalue weighted by Crippen LogP contribution is -2.62. The summed E-state index contributed by atoms with van der Waals surface area (Å²) in [7, 11) is 3.63. The molecule has 102 valence electrons. The lowest BCUT2D eigenvalue weighted by molar-refractivity contribution is 0.0369. The van der Waals surface area contributed by atoms with Crippen LogP contribution in [0.4, 0.5) is 4.79 Å². The molecule has 0 aromatic rings. The van der Waals surface area contributed by atoms with E-state index in [1.165, 1.54) is 12.8 Å². The number of carbonyl (C=O) groups excluding carboxylic acids is 1. The molecule has 18 heavy (non-hydrogen) atoms. The summed E-state index contributed by atoms with van der Waals surface area (Å²) in [6.07, 6.45) is 4.26. The zero-order chi connectivity index (χ0) is 12.8. The first kappa shape index (κ1) is 12.6. The zero-order valence-corrected chi connectivity index (χ0v) is 12.0. The van der Waals surface area contributed by atoms with Crippen LogP contribution in [0.25, 0.3) is 0 Å². The van der Waals surface area contributed by atoms with E-state index in [0.717, 1.165) is 37.8 Å². The van der Waals surface area contributed by atoms with E-state index < -0.39 is 0 Å². The fourth-order valence-electron chi connectivity index (χ4n) is 2.75. The zero-order valence-electron chi connectivity index (χ0n) is 11.2. The average molecular weight is 270 g/mol. The molecule has 0 radical (unpaired) electrons. The van der Waals surface area contributed by atoms with Crippen LogP contribution in [0.5, 0.6) is 0 Å². The fraction of sp³-hybridized carbons (Fsp3) is 0.923. The third kappa shape index (κ3) is 2.48. The molecule has 0 N–H and O–H groups in total. The van der Waals surface area contributed by atoms with Crippen LogP contribution in [-0.4, -0.2) is 66.2 Å². The minimum Gasteiger partial charge on any atom is -0.377 e. The van der Waals surface area contributed by atoms with Gasteiger partial charge >= 0.3 is 6.03 Å². The summed E-state index contributed by atoms with van der Waals surface area (Å²) < 4.78 is 6.27. The monoisotopic (exact) mass is 270 g/mol. The number of rotatable bonds is 3. The van der Waals surface area contributed by atoms with Gasteiger partial charge in [0.15, 0.2) is 0 Å². The van der Waals surface area contributed by atoms with Crippen molar-refractivity contribution in [3.8, 4) is 0 Å². The first-order chi connectivity index (χ1) is 8.58. The molecule has 2 heterocycles. The molecule has 2 saturated heterocycles. The molecule has 1 unspecified atom stereocenters. The van der Waals surface area contributed by atoms with Crippen molar-refractivity contribution in [3.63, 3.8) is 0 Å². The molecule has 1 spiro atoms. The Hall–Kier alpha value is -0.420. The lowest BCUT2D eigenvalue weighted by atomic mass is 9.93. The maximum Gasteiger partial charge on any atom is 0.319 e. The third-order valence-electron chi connectivity index (χ3n) is 4.05. The van der Waals surface area contributed by atoms with E-state index in [9.17, 15) is 4.79 Å². The van der Waals surface area contributed by atoms with E-state index in [2.05, 4.69) is 0 Å². The van der Waals surface area contributed by atoms with E-state index in [1.54, 1.807) is 4.90 Å². The minimum atomic E-state index is 0.142. The summed E-state index contributed by atoms with van der Waals surface area (Å²) in [6, 6.07) is 0.142. The Kier molecular flexibility index (Phi) is 3.22. The molecule has 5 heteroatoms. The summed E-state index contributed by atoms with van der Waals surface area (Å²) in [5.74, 6) is 1.95. The highest BCUT2D eigenvalue weighted by atomic mass is 32.2. The molecular formula is C13H22N2O2S. The van der Waals surface area contributed by atoms with Crippen molar-refractivity contribution >= 4 is 17.8 Å². The summed E-state index contributed by atoms with van der Waals surface area (Å²) in [5.41, 5.74) is 0. The predicted molar refractivity (Wildman–Crippen MR) is 72.9 cm³/mol. The van der Waals surface area contributed by atoms with Gasteiger partial charge in [0.2, 0.25) is 0 Å². The third-order valence-corrected chi connectivity index (χ3v) is 5.63. The number of nitrogens with zero attached hydrogens (tertiary/aromatic N) is 2. The molecular weight excluding hydrogens is 248 g/mol. The minimum absolute atomic E-state index is 0.142. The number of likely N-dealkylation sites (tertiary alicyclic amines) is 1. The van der Waals surface area contributed by atoms with E-state index >= 15 is 0 Å². The van der Waals surface area contributed by atoms with Crippen LogP contribution in [0.1, 0.15) is 19.3 Å². The van der Waals surface area contributed by atoms with Gasteiger partial charge in [-0.15, -0.1) is 11.8 Å². The second-order valence-electron chi connectivity index (χ2n) is 6.13. The Bertz CT molecular complexity index is 338. The molecule has 0 bridgehead atoms. The summed E-state index contributed by atoms with van der Waals surface area (Å²) in [6.45, 7) is 2.76. The molecule has 0 aromatic carbocycles. The molecule has 2 amide bonds. The summed E-state index contributed by atoms with van der Waals surface area (Å²) in [4.78, 5) is 15.4. The van der Waals surface area contributed by atoms with Gasteiger partial charge < -0.3 is 14.5 Å². The highest BCUT2D eigenvalue weighted by Gasteiger charge is 2.51. The first-order valence-electron chi connectivity index (χ1n) is 6.80. The molecule has 1 saturated carbocycles. The van der Waals surface area contributed by atoms with Crippen molar-refractivity contribution in [1.29, 1.82) is 0 Å². The number of hydrogen-bond acceptors (Lipinski definition) is 3. The van der Waals surface area contributed by atoms with Crippen molar-refractivity contribution < 1.29 is 9.53 Å². The highest BCUT2D eigenvalue weighted by molar-refractivity contribution is 8.01. The Morgan fingerprint density at radius 3 is 2.78 bits per heavy atom. The van der Waals surface area contributed by atoms with Crippen molar-refractivity contribution in [2.75, 3.05) is 39.5 Å². The van der Waals surface area contributed by atoms with Gasteiger partial charge in [0.25, 0.3) is 0 Å². The van der Waals surface area contributed by atoms with Gasteiger partial charge in [0, 0.05) is 39.5 Å². The fourth-order valence-corrected chi connectivity index (χ4v) is 4.31. The number of urea groups is 1. The molecule has 4 nitrogen and oxygen atoms in total. The van der Waals surface area contributed by atoms with E-state index in [-0.39, 0.29) is 6.03 Å². The average Bonchev–Trinajstić information content (AvgIpc) is 3.02. The number of thioether (sulfide) groups is 1. The van der Waals surface area contributed by atoms with Crippen molar-refractivity contribution in [1.82, 2.24) is 9.80 Å². The lowest BCUT2D eigenvalue weighted by Gasteiger charge is -2.48. The van der Waals surface area contributed by atoms with Crippen LogP contribution >= 0.6 is 11.8 Å². The normalized spacial score (nSPS) is 29.4. The van der Waals surface area contributed by atoms with Gasteiger partial charge in [-0.1, -0.05) is 0 Å². The highest BCUT2D eigenvalue weighted by Crippen LogP contribution is 2.46. The Labute approximate surface area is 113 Å². The Balaban J connectivity index is 1.43. The van der Waals surface area contributed by atoms with Crippen LogP contribution in [0, 0.1) is 5.92 Å². The van der Waals surface area contributed by atoms with Crippen LogP contribution in [-0.2, 0) is 4.74 Å². The molecule has 3 rings (SSSR count). The van der Waals surface area contributed by atoms with Gasteiger partial charge in [-0.2, -0.15) is 0 Å². The van der Waals surface area contributed by atoms with Gasteiger partial charge in [-0.25, -0.2) is 4.79 Å². The maximum atomic E-state index is 11.8. The van der Waals surface area contributed by atoms with Crippen molar-refractivity contribution in [3.05, 3.63) is 0 Å². The standard InChI is InChI=1S/C13H22N2O2S/c1-14(2)12(16)15-8-13(9-15)5-11(7-18-13)17-6-10-3-4-10/h10-11H,3-9H2,1-2H3. The smallest absolute Gasteiger partial charge is 0.319 e. The molecule has 1 aliphatic carbocycles. The molecule has 3 aliphatic rings. The Morgan fingerprint density at radius 1 is 1.44 bits per heavy atom. The first-order valence-corrected chi connectivity index (χ1v) is 7.78. The van der Waals surface area contributed by atoms with Gasteiger partial charge in [-0.05, 0) is 25.2 Å². The number of amides is 2. The van der Waals surface area contributed by atoms with Gasteiger partial charge in [0.05, 0.1) is 10.9 Å². The van der Waals surface area contributed by atoms with Crippen LogP contribution in [0.15, 0.2) is 0 Å². The number of ether oxygens (including phenoxy) is 1. The molecule has 1 atom stereocenters. The van der Waals surface area contributed by atoms with Crippen LogP contribution < -0.4 is 0 Å². The van der Waals surface area contributed by atoms with E-state index in [1.807, 2.05) is 30.8 Å². The maximum absolute atomic E-state index is 11.8. The van der Waals surface area contributed by atoms with E-state index in [4.69, 9.17) is 4.74 Å². The van der Waals surface area contributed by atoms with Crippen molar-refractivity contribution in [2.24, 2.45) is 5.92 Å². The second kappa shape index (κ2) is 4.60. The SMILES string of the molecule is CN(C)C(=O)N1CC2(CC(OCC3CC3)CS2)C1. The largest absolute Gasteiger partial charge is 0.377 e. The topological polar surface area (TPSA) is 32.8 Å². The second-order valence-corrected chi connectivity index (χ2v) is 7.62. The van der Waals surface area contributed by atoms with Crippen molar-refractivity contribution in [2.45, 2.75) is 30.1 Å². The number of carbonyl (C=O) groups is 1. The predicted octanol–water partition coefficient (Wildman–Crippen LogP) is 1.65. The van der Waals surface area contributed by atoms with Crippen LogP contribution in [0.2, 0.25) is 0 Å². The summed E-state index contributed by atoms with van der Waals surface area (Å²) in [5, 5.41) is 0. The summed E-state index contributed by atoms with van der Waals surface area (Å²) >= 11 is 2.01.